The van der Waals surface area contributed by atoms with Crippen LogP contribution in [0.15, 0.2) is 54.6 Å². The number of benzene rings is 3. The normalized spacial score (nSPS) is 21.2. The molecule has 4 heterocycles. The summed E-state index contributed by atoms with van der Waals surface area (Å²) < 4.78 is 46.6. The van der Waals surface area contributed by atoms with Crippen LogP contribution in [0.2, 0.25) is 0 Å². The van der Waals surface area contributed by atoms with Crippen LogP contribution in [0.1, 0.15) is 47.8 Å². The molecule has 0 N–H and O–H groups in total. The maximum Gasteiger partial charge on any atom is 0.317 e. The first-order valence-electron chi connectivity index (χ1n) is 15.1. The van der Waals surface area contributed by atoms with Gasteiger partial charge in [-0.1, -0.05) is 43.3 Å². The van der Waals surface area contributed by atoms with Crippen molar-refractivity contribution in [2.45, 2.75) is 50.9 Å². The van der Waals surface area contributed by atoms with E-state index in [2.05, 4.69) is 4.90 Å². The minimum atomic E-state index is -0.873. The number of aryl methyl sites for hydroxylation is 1. The Kier molecular flexibility index (Phi) is 7.42. The smallest absolute Gasteiger partial charge is 0.317 e. The van der Waals surface area contributed by atoms with Gasteiger partial charge in [0.05, 0.1) is 34.7 Å². The molecule has 7 rings (SSSR count). The van der Waals surface area contributed by atoms with Crippen LogP contribution >= 0.6 is 0 Å². The van der Waals surface area contributed by atoms with E-state index in [9.17, 15) is 9.18 Å². The first-order valence-corrected chi connectivity index (χ1v) is 15.1. The van der Waals surface area contributed by atoms with Gasteiger partial charge in [-0.25, -0.2) is 8.78 Å². The zero-order chi connectivity index (χ0) is 30.4. The van der Waals surface area contributed by atoms with Gasteiger partial charge >= 0.3 is 6.01 Å². The lowest BCUT2D eigenvalue weighted by Gasteiger charge is -2.30. The lowest BCUT2D eigenvalue weighted by Crippen LogP contribution is -2.43. The van der Waals surface area contributed by atoms with Gasteiger partial charge in [-0.15, -0.1) is 0 Å². The number of alkyl halides is 1. The van der Waals surface area contributed by atoms with Crippen molar-refractivity contribution >= 4 is 22.4 Å². The molecule has 4 aromatic rings. The van der Waals surface area contributed by atoms with Crippen molar-refractivity contribution in [2.75, 3.05) is 38.5 Å². The van der Waals surface area contributed by atoms with Crippen molar-refractivity contribution in [3.05, 3.63) is 77.2 Å². The molecule has 0 saturated carbocycles. The summed E-state index contributed by atoms with van der Waals surface area (Å²) in [6.45, 7) is 3.61. The topological polar surface area (TPSA) is 77.0 Å². The van der Waals surface area contributed by atoms with E-state index in [0.717, 1.165) is 30.3 Å². The van der Waals surface area contributed by atoms with Gasteiger partial charge in [0.2, 0.25) is 0 Å². The summed E-state index contributed by atoms with van der Waals surface area (Å²) in [6, 6.07) is 16.3. The zero-order valence-corrected chi connectivity index (χ0v) is 24.8. The van der Waals surface area contributed by atoms with Gasteiger partial charge in [0.15, 0.2) is 6.79 Å². The molecule has 1 amide bonds. The number of hydrogen-bond acceptors (Lipinski definition) is 7. The molecule has 8 nitrogen and oxygen atoms in total. The minimum absolute atomic E-state index is 0.0212. The average Bonchev–Trinajstić information content (AvgIpc) is 3.68. The molecular weight excluding hydrogens is 566 g/mol. The number of carbonyl (C=O) groups is 1. The van der Waals surface area contributed by atoms with Gasteiger partial charge in [0.1, 0.15) is 24.3 Å². The van der Waals surface area contributed by atoms with Crippen molar-refractivity contribution < 1.29 is 27.8 Å². The second-order valence-electron chi connectivity index (χ2n) is 11.8. The summed E-state index contributed by atoms with van der Waals surface area (Å²) in [6.07, 6.45) is 1.86. The Morgan fingerprint density at radius 2 is 1.93 bits per heavy atom. The number of fused-ring (bicyclic) bond motifs is 3. The van der Waals surface area contributed by atoms with E-state index in [-0.39, 0.29) is 43.2 Å². The minimum Gasteiger partial charge on any atom is -0.467 e. The lowest BCUT2D eigenvalue weighted by atomic mass is 9.95. The van der Waals surface area contributed by atoms with E-state index in [4.69, 9.17) is 24.2 Å². The van der Waals surface area contributed by atoms with E-state index < -0.39 is 6.17 Å². The van der Waals surface area contributed by atoms with Gasteiger partial charge in [0, 0.05) is 37.1 Å². The molecule has 3 aromatic carbocycles. The van der Waals surface area contributed by atoms with E-state index in [1.165, 1.54) is 13.2 Å². The van der Waals surface area contributed by atoms with Gasteiger partial charge < -0.3 is 19.1 Å². The third kappa shape index (κ3) is 4.86. The molecule has 0 bridgehead atoms. The number of anilines is 1. The molecule has 3 aliphatic rings. The van der Waals surface area contributed by atoms with Crippen LogP contribution in [-0.2, 0) is 17.7 Å². The summed E-state index contributed by atoms with van der Waals surface area (Å²) in [7, 11) is 1.53. The Balaban J connectivity index is 1.31. The number of amides is 1. The van der Waals surface area contributed by atoms with Crippen LogP contribution in [-0.4, -0.2) is 66.1 Å². The molecule has 1 aromatic heterocycles. The molecule has 0 aliphatic carbocycles. The van der Waals surface area contributed by atoms with Gasteiger partial charge in [-0.3, -0.25) is 9.69 Å². The number of carbonyl (C=O) groups excluding carboxylic acids is 1. The summed E-state index contributed by atoms with van der Waals surface area (Å²) >= 11 is 0. The summed E-state index contributed by atoms with van der Waals surface area (Å²) in [5.41, 5.74) is 2.78. The molecule has 0 spiro atoms. The Hall–Kier alpha value is -4.15. The Morgan fingerprint density at radius 1 is 1.09 bits per heavy atom. The van der Waals surface area contributed by atoms with Crippen molar-refractivity contribution in [3.63, 3.8) is 0 Å². The Labute approximate surface area is 254 Å². The standard InChI is InChI=1S/C34H34F2N4O4/c1-3-25-26(36)11-10-22-14-24(44-20-42-2)15-28(29(22)25)40-18-27-30(32(40)41)31(21-8-5-4-6-9-21)38-33(37-27)43-19-34-12-7-13-39(34)17-23(35)16-34/h4-6,8-11,14-15,23H,3,7,12-13,16-20H2,1-2H3/t23-,34+/m1/s1. The second kappa shape index (κ2) is 11.4. The summed E-state index contributed by atoms with van der Waals surface area (Å²) in [5, 5.41) is 1.39. The fourth-order valence-corrected chi connectivity index (χ4v) is 7.13. The number of nitrogens with zero attached hydrogens (tertiary/aromatic N) is 4. The van der Waals surface area contributed by atoms with Crippen molar-refractivity contribution in [3.8, 4) is 23.0 Å². The molecule has 2 atom stereocenters. The predicted octanol–water partition coefficient (Wildman–Crippen LogP) is 6.10. The lowest BCUT2D eigenvalue weighted by molar-refractivity contribution is 0.0512. The van der Waals surface area contributed by atoms with Crippen LogP contribution in [0.5, 0.6) is 11.8 Å². The van der Waals surface area contributed by atoms with Crippen molar-refractivity contribution in [1.29, 1.82) is 0 Å². The molecule has 0 radical (unpaired) electrons. The Bertz CT molecular complexity index is 1740. The zero-order valence-electron chi connectivity index (χ0n) is 24.8. The number of aromatic nitrogens is 2. The molecule has 10 heteroatoms. The van der Waals surface area contributed by atoms with E-state index in [0.29, 0.717) is 58.7 Å². The van der Waals surface area contributed by atoms with E-state index in [1.54, 1.807) is 17.0 Å². The third-order valence-electron chi connectivity index (χ3n) is 9.12. The molecule has 2 fully saturated rings. The van der Waals surface area contributed by atoms with Crippen LogP contribution in [0.3, 0.4) is 0 Å². The van der Waals surface area contributed by atoms with E-state index >= 15 is 4.39 Å². The second-order valence-corrected chi connectivity index (χ2v) is 11.8. The quantitative estimate of drug-likeness (QED) is 0.215. The number of halogens is 2. The van der Waals surface area contributed by atoms with Gasteiger partial charge in [-0.2, -0.15) is 9.97 Å². The maximum atomic E-state index is 15.1. The fourth-order valence-electron chi connectivity index (χ4n) is 7.13. The highest BCUT2D eigenvalue weighted by molar-refractivity contribution is 6.16. The molecular formula is C34H34F2N4O4. The average molecular weight is 601 g/mol. The molecule has 3 aliphatic heterocycles. The first kappa shape index (κ1) is 28.6. The van der Waals surface area contributed by atoms with Crippen LogP contribution in [0.25, 0.3) is 22.0 Å². The summed E-state index contributed by atoms with van der Waals surface area (Å²) in [5.74, 6) is -0.133. The highest BCUT2D eigenvalue weighted by atomic mass is 19.1. The Morgan fingerprint density at radius 3 is 2.73 bits per heavy atom. The molecule has 228 valence electrons. The number of hydrogen-bond donors (Lipinski definition) is 0. The number of methoxy groups -OCH3 is 1. The fraction of sp³-hybridized carbons (Fsp3) is 0.382. The number of rotatable bonds is 9. The third-order valence-corrected chi connectivity index (χ3v) is 9.12. The first-order chi connectivity index (χ1) is 21.4. The SMILES string of the molecule is CCc1c(F)ccc2cc(OCOC)cc(N3Cc4nc(OC[C@@]56CCCN5C[C@H](F)C6)nc(-c5ccccc5)c4C3=O)c12. The van der Waals surface area contributed by atoms with Crippen LogP contribution in [0.4, 0.5) is 14.5 Å². The molecule has 2 saturated heterocycles. The van der Waals surface area contributed by atoms with Crippen molar-refractivity contribution in [1.82, 2.24) is 14.9 Å². The van der Waals surface area contributed by atoms with Crippen LogP contribution in [0, 0.1) is 5.82 Å². The number of ether oxygens (including phenoxy) is 3. The highest BCUT2D eigenvalue weighted by Gasteiger charge is 2.49. The molecule has 0 unspecified atom stereocenters. The largest absolute Gasteiger partial charge is 0.467 e. The van der Waals surface area contributed by atoms with Crippen molar-refractivity contribution in [2.24, 2.45) is 0 Å². The van der Waals surface area contributed by atoms with E-state index in [1.807, 2.05) is 43.3 Å². The highest BCUT2D eigenvalue weighted by Crippen LogP contribution is 2.43. The van der Waals surface area contributed by atoms with Crippen LogP contribution < -0.4 is 14.4 Å². The summed E-state index contributed by atoms with van der Waals surface area (Å²) in [4.78, 5) is 27.6. The predicted molar refractivity (Wildman–Crippen MR) is 162 cm³/mol. The van der Waals surface area contributed by atoms with Gasteiger partial charge in [0.25, 0.3) is 5.91 Å². The maximum absolute atomic E-state index is 15.1. The monoisotopic (exact) mass is 600 g/mol. The molecule has 44 heavy (non-hydrogen) atoms. The van der Waals surface area contributed by atoms with Gasteiger partial charge in [-0.05, 0) is 48.9 Å².